The number of fused-ring (bicyclic) bond motifs is 1. The monoisotopic (exact) mass is 521 g/mol. The van der Waals surface area contributed by atoms with Gasteiger partial charge in [-0.1, -0.05) is 18.2 Å². The van der Waals surface area contributed by atoms with Gasteiger partial charge in [-0.2, -0.15) is 0 Å². The molecule has 3 heterocycles. The van der Waals surface area contributed by atoms with Gasteiger partial charge in [-0.05, 0) is 64.8 Å². The average molecular weight is 522 g/mol. The van der Waals surface area contributed by atoms with E-state index in [-0.39, 0.29) is 30.0 Å². The number of ether oxygens (including phenoxy) is 1. The second-order valence-electron chi connectivity index (χ2n) is 10.3. The van der Waals surface area contributed by atoms with Crippen LogP contribution in [-0.4, -0.2) is 59.6 Å². The summed E-state index contributed by atoms with van der Waals surface area (Å²) < 4.78 is 7.69. The van der Waals surface area contributed by atoms with Crippen molar-refractivity contribution in [2.75, 3.05) is 33.3 Å². The first-order valence-corrected chi connectivity index (χ1v) is 13.3. The molecule has 0 bridgehead atoms. The van der Waals surface area contributed by atoms with Crippen molar-refractivity contribution in [3.8, 4) is 5.75 Å². The fraction of sp³-hybridized carbons (Fsp3) is 0.483. The number of methoxy groups -OCH3 is 1. The first kappa shape index (κ1) is 27.4. The summed E-state index contributed by atoms with van der Waals surface area (Å²) in [4.78, 5) is 42.4. The van der Waals surface area contributed by atoms with E-state index in [0.717, 1.165) is 49.1 Å². The van der Waals surface area contributed by atoms with Crippen LogP contribution in [0.1, 0.15) is 60.0 Å². The summed E-state index contributed by atoms with van der Waals surface area (Å²) in [5, 5.41) is 6.75. The lowest BCUT2D eigenvalue weighted by Gasteiger charge is -2.36. The molecule has 9 nitrogen and oxygen atoms in total. The number of carbonyl (C=O) groups is 2. The third-order valence-electron chi connectivity index (χ3n) is 7.78. The summed E-state index contributed by atoms with van der Waals surface area (Å²) in [7, 11) is 1.52. The third-order valence-corrected chi connectivity index (χ3v) is 7.78. The minimum atomic E-state index is -0.265. The van der Waals surface area contributed by atoms with Crippen molar-refractivity contribution < 1.29 is 14.3 Å². The van der Waals surface area contributed by atoms with Gasteiger partial charge in [0.25, 0.3) is 11.5 Å². The van der Waals surface area contributed by atoms with E-state index in [1.807, 2.05) is 25.1 Å². The van der Waals surface area contributed by atoms with Crippen LogP contribution in [0.15, 0.2) is 35.1 Å². The Kier molecular flexibility index (Phi) is 8.56. The summed E-state index contributed by atoms with van der Waals surface area (Å²) in [6.07, 6.45) is 2.12. The number of H-pyrrole nitrogens is 1. The number of carbonyl (C=O) groups excluding carboxylic acids is 2. The molecule has 0 saturated carbocycles. The molecule has 1 atom stereocenters. The van der Waals surface area contributed by atoms with Crippen LogP contribution in [0.3, 0.4) is 0 Å². The standard InChI is InChI=1S/C29H39N5O4/c1-18-16-26(38-5)24(28(36)32-18)17-31-29(37)27-20(3)34(25-9-7-6-8-23(25)27)19(2)22-10-13-33(14-11-22)15-12-30-21(4)35/h6-9,16,19,22H,10-15,17H2,1-5H3,(H,30,35)(H,31,37)(H,32,36)/t19-/m1/s1. The van der Waals surface area contributed by atoms with E-state index in [2.05, 4.69) is 38.1 Å². The Morgan fingerprint density at radius 3 is 2.55 bits per heavy atom. The lowest BCUT2D eigenvalue weighted by molar-refractivity contribution is -0.119. The van der Waals surface area contributed by atoms with Crippen molar-refractivity contribution in [2.45, 2.75) is 53.1 Å². The average Bonchev–Trinajstić information content (AvgIpc) is 3.19. The molecule has 1 fully saturated rings. The molecule has 3 N–H and O–H groups in total. The SMILES string of the molecule is COc1cc(C)[nH]c(=O)c1CNC(=O)c1c(C)n([C@H](C)C2CCN(CCNC(C)=O)CC2)c2ccccc12. The summed E-state index contributed by atoms with van der Waals surface area (Å²) in [6, 6.07) is 10.0. The van der Waals surface area contributed by atoms with Crippen molar-refractivity contribution >= 4 is 22.7 Å². The first-order chi connectivity index (χ1) is 18.2. The van der Waals surface area contributed by atoms with Gasteiger partial charge in [-0.25, -0.2) is 0 Å². The van der Waals surface area contributed by atoms with Crippen LogP contribution >= 0.6 is 0 Å². The van der Waals surface area contributed by atoms with E-state index < -0.39 is 0 Å². The number of rotatable bonds is 9. The molecule has 1 aliphatic rings. The van der Waals surface area contributed by atoms with Crippen molar-refractivity contribution in [1.82, 2.24) is 25.1 Å². The number of aromatic amines is 1. The fourth-order valence-corrected chi connectivity index (χ4v) is 5.76. The zero-order valence-electron chi connectivity index (χ0n) is 23.0. The number of piperidine rings is 1. The van der Waals surface area contributed by atoms with Gasteiger partial charge in [-0.3, -0.25) is 14.4 Å². The number of hydrogen-bond donors (Lipinski definition) is 3. The molecule has 2 amide bonds. The molecule has 0 radical (unpaired) electrons. The van der Waals surface area contributed by atoms with E-state index >= 15 is 0 Å². The highest BCUT2D eigenvalue weighted by Gasteiger charge is 2.29. The van der Waals surface area contributed by atoms with Crippen LogP contribution in [0.25, 0.3) is 10.9 Å². The van der Waals surface area contributed by atoms with Crippen LogP contribution in [0.4, 0.5) is 0 Å². The van der Waals surface area contributed by atoms with Gasteiger partial charge in [0.2, 0.25) is 5.91 Å². The summed E-state index contributed by atoms with van der Waals surface area (Å²) in [5.41, 5.74) is 3.44. The Morgan fingerprint density at radius 1 is 1.16 bits per heavy atom. The Balaban J connectivity index is 1.53. The number of para-hydroxylation sites is 1. The van der Waals surface area contributed by atoms with Crippen molar-refractivity contribution in [3.63, 3.8) is 0 Å². The number of aryl methyl sites for hydroxylation is 1. The normalized spacial score (nSPS) is 15.4. The highest BCUT2D eigenvalue weighted by atomic mass is 16.5. The van der Waals surface area contributed by atoms with Gasteiger partial charge >= 0.3 is 0 Å². The predicted molar refractivity (Wildman–Crippen MR) is 149 cm³/mol. The first-order valence-electron chi connectivity index (χ1n) is 13.3. The van der Waals surface area contributed by atoms with Crippen LogP contribution in [0, 0.1) is 19.8 Å². The maximum Gasteiger partial charge on any atom is 0.256 e. The molecule has 4 rings (SSSR count). The molecule has 2 aromatic heterocycles. The van der Waals surface area contributed by atoms with Gasteiger partial charge in [0.15, 0.2) is 0 Å². The number of hydrogen-bond acceptors (Lipinski definition) is 5. The number of likely N-dealkylation sites (tertiary alicyclic amines) is 1. The zero-order valence-corrected chi connectivity index (χ0v) is 23.0. The highest BCUT2D eigenvalue weighted by Crippen LogP contribution is 2.35. The molecule has 0 spiro atoms. The molecule has 0 aliphatic carbocycles. The number of aromatic nitrogens is 2. The number of benzene rings is 1. The van der Waals surface area contributed by atoms with E-state index in [4.69, 9.17) is 4.74 Å². The van der Waals surface area contributed by atoms with Crippen molar-refractivity contribution in [3.05, 3.63) is 63.2 Å². The Hall–Kier alpha value is -3.59. The maximum atomic E-state index is 13.5. The lowest BCUT2D eigenvalue weighted by atomic mass is 9.90. The van der Waals surface area contributed by atoms with E-state index in [9.17, 15) is 14.4 Å². The summed E-state index contributed by atoms with van der Waals surface area (Å²) in [6.45, 7) is 11.2. The minimum absolute atomic E-state index is 0.00751. The molecule has 3 aromatic rings. The van der Waals surface area contributed by atoms with Gasteiger partial charge < -0.3 is 29.8 Å². The van der Waals surface area contributed by atoms with Gasteiger partial charge in [0.05, 0.1) is 24.8 Å². The number of nitrogens with zero attached hydrogens (tertiary/aromatic N) is 2. The fourth-order valence-electron chi connectivity index (χ4n) is 5.76. The largest absolute Gasteiger partial charge is 0.496 e. The summed E-state index contributed by atoms with van der Waals surface area (Å²) >= 11 is 0. The number of nitrogens with one attached hydrogen (secondary N) is 3. The Morgan fingerprint density at radius 2 is 1.87 bits per heavy atom. The molecule has 0 unspecified atom stereocenters. The second kappa shape index (κ2) is 11.9. The third kappa shape index (κ3) is 5.78. The second-order valence-corrected chi connectivity index (χ2v) is 10.3. The number of pyridine rings is 1. The van der Waals surface area contributed by atoms with Crippen LogP contribution < -0.4 is 20.9 Å². The molecular weight excluding hydrogens is 482 g/mol. The summed E-state index contributed by atoms with van der Waals surface area (Å²) in [5.74, 6) is 0.739. The van der Waals surface area contributed by atoms with Gasteiger partial charge in [0.1, 0.15) is 5.75 Å². The van der Waals surface area contributed by atoms with E-state index in [1.165, 1.54) is 7.11 Å². The smallest absolute Gasteiger partial charge is 0.256 e. The van der Waals surface area contributed by atoms with Crippen LogP contribution in [0.5, 0.6) is 5.75 Å². The van der Waals surface area contributed by atoms with E-state index in [0.29, 0.717) is 35.0 Å². The van der Waals surface area contributed by atoms with Gasteiger partial charge in [-0.15, -0.1) is 0 Å². The van der Waals surface area contributed by atoms with Gasteiger partial charge in [0, 0.05) is 48.3 Å². The topological polar surface area (TPSA) is 108 Å². The Bertz CT molecular complexity index is 1370. The van der Waals surface area contributed by atoms with Crippen molar-refractivity contribution in [1.29, 1.82) is 0 Å². The minimum Gasteiger partial charge on any atom is -0.496 e. The molecule has 1 saturated heterocycles. The zero-order chi connectivity index (χ0) is 27.4. The molecule has 1 aromatic carbocycles. The van der Waals surface area contributed by atoms with Crippen LogP contribution in [-0.2, 0) is 11.3 Å². The molecular formula is C29H39N5O4. The number of amides is 2. The Labute approximate surface area is 223 Å². The molecule has 1 aliphatic heterocycles. The van der Waals surface area contributed by atoms with E-state index in [1.54, 1.807) is 19.9 Å². The lowest BCUT2D eigenvalue weighted by Crippen LogP contribution is -2.40. The van der Waals surface area contributed by atoms with Crippen LogP contribution in [0.2, 0.25) is 0 Å². The highest BCUT2D eigenvalue weighted by molar-refractivity contribution is 6.08. The quantitative estimate of drug-likeness (QED) is 0.401. The maximum absolute atomic E-state index is 13.5. The molecule has 38 heavy (non-hydrogen) atoms. The predicted octanol–water partition coefficient (Wildman–Crippen LogP) is 3.29. The molecule has 204 valence electrons. The van der Waals surface area contributed by atoms with Crippen molar-refractivity contribution in [2.24, 2.45) is 5.92 Å². The molecule has 9 heteroatoms.